The van der Waals surface area contributed by atoms with Crippen molar-refractivity contribution in [3.05, 3.63) is 72.9 Å². The molecular formula is C16H18O. The number of benzene rings is 1. The zero-order valence-electron chi connectivity index (χ0n) is 10.0. The van der Waals surface area contributed by atoms with Gasteiger partial charge in [-0.3, -0.25) is 0 Å². The van der Waals surface area contributed by atoms with Crippen LogP contribution < -0.4 is 0 Å². The lowest BCUT2D eigenvalue weighted by Crippen LogP contribution is -1.88. The first-order chi connectivity index (χ1) is 8.36. The maximum Gasteiger partial charge on any atom is 0.0654 e. The van der Waals surface area contributed by atoms with Gasteiger partial charge in [0.25, 0.3) is 0 Å². The molecule has 1 rings (SSSR count). The van der Waals surface area contributed by atoms with E-state index in [0.717, 1.165) is 5.56 Å². The number of hydrogen-bond donors (Lipinski definition) is 0. The quantitative estimate of drug-likeness (QED) is 0.386. The highest BCUT2D eigenvalue weighted by Gasteiger charge is 1.86. The Hall–Kier alpha value is -1.86. The van der Waals surface area contributed by atoms with E-state index in [-0.39, 0.29) is 0 Å². The van der Waals surface area contributed by atoms with Crippen molar-refractivity contribution in [1.82, 2.24) is 0 Å². The van der Waals surface area contributed by atoms with Gasteiger partial charge in [0.2, 0.25) is 0 Å². The third-order valence-corrected chi connectivity index (χ3v) is 2.16. The van der Waals surface area contributed by atoms with Crippen molar-refractivity contribution in [3.63, 3.8) is 0 Å². The van der Waals surface area contributed by atoms with E-state index in [4.69, 9.17) is 4.74 Å². The molecule has 0 fully saturated rings. The van der Waals surface area contributed by atoms with E-state index in [2.05, 4.69) is 31.4 Å². The fourth-order valence-corrected chi connectivity index (χ4v) is 1.26. The van der Waals surface area contributed by atoms with Crippen molar-refractivity contribution in [2.45, 2.75) is 0 Å². The Kier molecular flexibility index (Phi) is 6.46. The molecule has 0 spiro atoms. The third kappa shape index (κ3) is 5.69. The van der Waals surface area contributed by atoms with Gasteiger partial charge in [-0.25, -0.2) is 0 Å². The van der Waals surface area contributed by atoms with Crippen molar-refractivity contribution in [2.75, 3.05) is 13.2 Å². The van der Waals surface area contributed by atoms with Crippen LogP contribution in [0.5, 0.6) is 0 Å². The van der Waals surface area contributed by atoms with Crippen LogP contribution in [0.4, 0.5) is 0 Å². The van der Waals surface area contributed by atoms with Crippen LogP contribution in [0.3, 0.4) is 0 Å². The van der Waals surface area contributed by atoms with E-state index in [1.165, 1.54) is 5.56 Å². The minimum absolute atomic E-state index is 0.594. The Morgan fingerprint density at radius 3 is 2.29 bits per heavy atom. The van der Waals surface area contributed by atoms with E-state index in [0.29, 0.717) is 13.2 Å². The normalized spacial score (nSPS) is 11.1. The molecule has 0 radical (unpaired) electrons. The third-order valence-electron chi connectivity index (χ3n) is 2.16. The van der Waals surface area contributed by atoms with Crippen LogP contribution in [0.1, 0.15) is 11.1 Å². The molecule has 1 heteroatoms. The SMILES string of the molecule is C=CCOC/C=C/C=C/c1ccc(C=C)cc1. The van der Waals surface area contributed by atoms with Crippen molar-refractivity contribution < 1.29 is 4.74 Å². The molecule has 0 bridgehead atoms. The lowest BCUT2D eigenvalue weighted by molar-refractivity contribution is 0.194. The summed E-state index contributed by atoms with van der Waals surface area (Å²) in [5.74, 6) is 0. The Balaban J connectivity index is 2.36. The Morgan fingerprint density at radius 1 is 0.941 bits per heavy atom. The molecule has 0 aliphatic carbocycles. The number of rotatable bonds is 7. The standard InChI is InChI=1S/C16H18O/c1-3-13-17-14-7-5-6-8-16-11-9-15(4-2)10-12-16/h3-12H,1-2,13-14H2/b7-5+,8-6+. The average Bonchev–Trinajstić information content (AvgIpc) is 2.38. The number of allylic oxidation sites excluding steroid dienone is 2. The van der Waals surface area contributed by atoms with Gasteiger partial charge in [-0.15, -0.1) is 6.58 Å². The van der Waals surface area contributed by atoms with Gasteiger partial charge in [-0.05, 0) is 11.1 Å². The van der Waals surface area contributed by atoms with Crippen molar-refractivity contribution in [3.8, 4) is 0 Å². The summed E-state index contributed by atoms with van der Waals surface area (Å²) >= 11 is 0. The molecule has 1 aromatic carbocycles. The summed E-state index contributed by atoms with van der Waals surface area (Å²) in [6.45, 7) is 8.51. The van der Waals surface area contributed by atoms with Crippen LogP contribution >= 0.6 is 0 Å². The van der Waals surface area contributed by atoms with Crippen molar-refractivity contribution in [2.24, 2.45) is 0 Å². The van der Waals surface area contributed by atoms with Gasteiger partial charge in [-0.1, -0.05) is 67.3 Å². The number of hydrogen-bond acceptors (Lipinski definition) is 1. The smallest absolute Gasteiger partial charge is 0.0654 e. The molecule has 0 saturated heterocycles. The molecule has 0 aromatic heterocycles. The Labute approximate surface area is 103 Å². The lowest BCUT2D eigenvalue weighted by Gasteiger charge is -1.94. The van der Waals surface area contributed by atoms with Gasteiger partial charge in [0, 0.05) is 0 Å². The summed E-state index contributed by atoms with van der Waals surface area (Å²) in [7, 11) is 0. The van der Waals surface area contributed by atoms with Crippen LogP contribution in [0.15, 0.2) is 61.7 Å². The second-order valence-corrected chi connectivity index (χ2v) is 3.48. The molecule has 0 unspecified atom stereocenters. The minimum Gasteiger partial charge on any atom is -0.373 e. The topological polar surface area (TPSA) is 9.23 Å². The zero-order valence-corrected chi connectivity index (χ0v) is 10.0. The molecule has 0 N–H and O–H groups in total. The van der Waals surface area contributed by atoms with Gasteiger partial charge in [0.1, 0.15) is 0 Å². The molecule has 17 heavy (non-hydrogen) atoms. The molecule has 0 heterocycles. The van der Waals surface area contributed by atoms with Gasteiger partial charge in [0.05, 0.1) is 13.2 Å². The maximum absolute atomic E-state index is 5.22. The predicted molar refractivity (Wildman–Crippen MR) is 75.7 cm³/mol. The first-order valence-electron chi connectivity index (χ1n) is 5.61. The first kappa shape index (κ1) is 13.2. The van der Waals surface area contributed by atoms with Crippen molar-refractivity contribution >= 4 is 12.2 Å². The summed E-state index contributed by atoms with van der Waals surface area (Å²) in [5.41, 5.74) is 2.31. The molecule has 1 aromatic rings. The van der Waals surface area contributed by atoms with E-state index in [1.54, 1.807) is 6.08 Å². The van der Waals surface area contributed by atoms with E-state index < -0.39 is 0 Å². The highest BCUT2D eigenvalue weighted by atomic mass is 16.5. The molecule has 0 saturated carbocycles. The Morgan fingerprint density at radius 2 is 1.65 bits per heavy atom. The van der Waals surface area contributed by atoms with E-state index in [9.17, 15) is 0 Å². The van der Waals surface area contributed by atoms with Crippen LogP contribution in [-0.4, -0.2) is 13.2 Å². The predicted octanol–water partition coefficient (Wildman–Crippen LogP) is 4.10. The number of ether oxygens (including phenoxy) is 1. The zero-order chi connectivity index (χ0) is 12.3. The van der Waals surface area contributed by atoms with E-state index in [1.807, 2.05) is 36.4 Å². The fraction of sp³-hybridized carbons (Fsp3) is 0.125. The molecule has 1 nitrogen and oxygen atoms in total. The highest BCUT2D eigenvalue weighted by molar-refractivity contribution is 5.55. The van der Waals surface area contributed by atoms with Gasteiger partial charge >= 0.3 is 0 Å². The van der Waals surface area contributed by atoms with Crippen molar-refractivity contribution in [1.29, 1.82) is 0 Å². The van der Waals surface area contributed by atoms with Gasteiger partial charge in [0.15, 0.2) is 0 Å². The Bertz CT molecular complexity index is 396. The second kappa shape index (κ2) is 8.31. The summed E-state index contributed by atoms with van der Waals surface area (Å²) in [6, 6.07) is 8.22. The van der Waals surface area contributed by atoms with Crippen LogP contribution in [0, 0.1) is 0 Å². The first-order valence-corrected chi connectivity index (χ1v) is 5.61. The van der Waals surface area contributed by atoms with Gasteiger partial charge in [-0.2, -0.15) is 0 Å². The molecule has 0 amide bonds. The lowest BCUT2D eigenvalue weighted by atomic mass is 10.1. The molecule has 0 aliphatic heterocycles. The molecule has 0 atom stereocenters. The summed E-state index contributed by atoms with van der Waals surface area (Å²) in [5, 5.41) is 0. The molecule has 88 valence electrons. The maximum atomic E-state index is 5.22. The van der Waals surface area contributed by atoms with Crippen LogP contribution in [-0.2, 0) is 4.74 Å². The monoisotopic (exact) mass is 226 g/mol. The average molecular weight is 226 g/mol. The summed E-state index contributed by atoms with van der Waals surface area (Å²) in [6.07, 6.45) is 11.6. The van der Waals surface area contributed by atoms with Gasteiger partial charge < -0.3 is 4.74 Å². The van der Waals surface area contributed by atoms with Crippen LogP contribution in [0.25, 0.3) is 12.2 Å². The highest BCUT2D eigenvalue weighted by Crippen LogP contribution is 2.06. The molecular weight excluding hydrogens is 208 g/mol. The summed E-state index contributed by atoms with van der Waals surface area (Å²) < 4.78 is 5.22. The fourth-order valence-electron chi connectivity index (χ4n) is 1.26. The largest absolute Gasteiger partial charge is 0.373 e. The van der Waals surface area contributed by atoms with Crippen LogP contribution in [0.2, 0.25) is 0 Å². The van der Waals surface area contributed by atoms with E-state index >= 15 is 0 Å². The summed E-state index contributed by atoms with van der Waals surface area (Å²) in [4.78, 5) is 0. The second-order valence-electron chi connectivity index (χ2n) is 3.48. The minimum atomic E-state index is 0.594. The molecule has 0 aliphatic rings.